The van der Waals surface area contributed by atoms with Gasteiger partial charge in [0.15, 0.2) is 0 Å². The Morgan fingerprint density at radius 1 is 0.491 bits per heavy atom. The summed E-state index contributed by atoms with van der Waals surface area (Å²) in [4.78, 5) is 99.0. The molecule has 0 saturated carbocycles. The number of hydrogen-bond acceptors (Lipinski definition) is 17. The van der Waals surface area contributed by atoms with Gasteiger partial charge >= 0.3 is 31.2 Å². The van der Waals surface area contributed by atoms with Crippen molar-refractivity contribution in [2.45, 2.75) is 137 Å². The van der Waals surface area contributed by atoms with Gasteiger partial charge in [-0.3, -0.25) is 9.59 Å². The largest absolute Gasteiger partial charge is 0.497 e. The van der Waals surface area contributed by atoms with Gasteiger partial charge in [-0.2, -0.15) is 40.5 Å². The van der Waals surface area contributed by atoms with Crippen LogP contribution in [0.15, 0.2) is 80.4 Å². The molecule has 3 aromatic heterocycles. The lowest BCUT2D eigenvalue weighted by Gasteiger charge is -2.30. The van der Waals surface area contributed by atoms with Crippen molar-refractivity contribution in [2.24, 2.45) is 0 Å². The van der Waals surface area contributed by atoms with Gasteiger partial charge in [-0.05, 0) is 196 Å². The molecule has 6 aliphatic rings. The van der Waals surface area contributed by atoms with Crippen LogP contribution < -0.4 is 20.3 Å². The third kappa shape index (κ3) is 27.0. The predicted octanol–water partition coefficient (Wildman–Crippen LogP) is 11.9. The van der Waals surface area contributed by atoms with Crippen molar-refractivity contribution < 1.29 is 53.4 Å². The lowest BCUT2D eigenvalue weighted by molar-refractivity contribution is 0.0699. The molecule has 106 heavy (non-hydrogen) atoms. The maximum atomic E-state index is 13.3. The SMILES string of the molecule is C.C.C.CN1CC[C@@H](N(C)C(=O)N2CC[C@H](N(C)C(=O)c3ccc(Br)s3)C2)C1.CN[C@H]1CCN(C(=O)N(C)[C@@H]2CCN(C)C2)C1.COc1ccc(C(C)C)cc1-c1ccc(C(=O)N(C)[C@H]2CCN(C(=O)N(C)[C@@H]3CCN(C)C3)C2)s1.COc1ccc(C(C)C)cc1B(O)O.O=C(O)c1ccc(Br)s1.S.S.S. The van der Waals surface area contributed by atoms with Crippen LogP contribution in [0.25, 0.3) is 10.4 Å². The molecule has 8 amide bonds. The molecule has 0 radical (unpaired) electrons. The molecule has 23 nitrogen and oxygen atoms in total. The first-order valence-corrected chi connectivity index (χ1v) is 38.4. The average Bonchev–Trinajstić information content (AvgIpc) is 1.58. The van der Waals surface area contributed by atoms with E-state index in [4.69, 9.17) is 24.6 Å². The molecule has 2 aromatic carbocycles. The lowest BCUT2D eigenvalue weighted by Crippen LogP contribution is -2.47. The number of hydrogen-bond donors (Lipinski definition) is 4. The second kappa shape index (κ2) is 46.8. The molecule has 0 bridgehead atoms. The number of amides is 8. The minimum absolute atomic E-state index is 0. The van der Waals surface area contributed by atoms with Gasteiger partial charge in [-0.15, -0.1) is 34.0 Å². The Morgan fingerprint density at radius 3 is 1.19 bits per heavy atom. The zero-order chi connectivity index (χ0) is 73.4. The molecule has 6 fully saturated rings. The van der Waals surface area contributed by atoms with Gasteiger partial charge < -0.3 is 83.8 Å². The monoisotopic (exact) mass is 1720 g/mol. The number of carbonyl (C=O) groups excluding carboxylic acids is 5. The molecule has 11 rings (SSSR count). The average molecular weight is 1720 g/mol. The highest BCUT2D eigenvalue weighted by Gasteiger charge is 2.39. The lowest BCUT2D eigenvalue weighted by atomic mass is 9.78. The van der Waals surface area contributed by atoms with Crippen molar-refractivity contribution in [1.29, 1.82) is 0 Å². The zero-order valence-electron chi connectivity index (χ0n) is 62.4. The van der Waals surface area contributed by atoms with E-state index in [2.05, 4.69) is 113 Å². The van der Waals surface area contributed by atoms with Crippen molar-refractivity contribution >= 4 is 155 Å². The molecular formula is C74H123BBr2N12O11S6. The van der Waals surface area contributed by atoms with Gasteiger partial charge in [0.2, 0.25) is 0 Å². The number of thiophene rings is 3. The number of nitrogens with one attached hydrogen (secondary N) is 1. The maximum Gasteiger partial charge on any atom is 0.492 e. The fourth-order valence-corrected chi connectivity index (χ4v) is 16.8. The topological polar surface area (TPSA) is 229 Å². The number of rotatable bonds is 15. The Bertz CT molecular complexity index is 3540. The van der Waals surface area contributed by atoms with Crippen molar-refractivity contribution in [2.75, 3.05) is 156 Å². The van der Waals surface area contributed by atoms with Crippen LogP contribution in [0, 0.1) is 0 Å². The number of likely N-dealkylation sites (tertiary alicyclic amines) is 6. The number of methoxy groups -OCH3 is 2. The van der Waals surface area contributed by atoms with E-state index in [1.807, 2.05) is 113 Å². The van der Waals surface area contributed by atoms with Crippen LogP contribution in [0.1, 0.15) is 140 Å². The fourth-order valence-electron chi connectivity index (χ4n) is 13.2. The van der Waals surface area contributed by atoms with Crippen molar-refractivity contribution in [3.63, 3.8) is 0 Å². The van der Waals surface area contributed by atoms with Gasteiger partial charge in [0.1, 0.15) is 16.4 Å². The molecule has 9 heterocycles. The normalized spacial score (nSPS) is 19.4. The number of halogens is 2. The number of ether oxygens (including phenoxy) is 2. The third-order valence-corrected chi connectivity index (χ3v) is 24.2. The quantitative estimate of drug-likeness (QED) is 0.0715. The van der Waals surface area contributed by atoms with Crippen molar-refractivity contribution in [3.05, 3.63) is 106 Å². The van der Waals surface area contributed by atoms with Gasteiger partial charge in [-0.1, -0.05) is 68.2 Å². The smallest absolute Gasteiger partial charge is 0.492 e. The number of likely N-dealkylation sites (N-methyl/N-ethyl adjacent to an activating group) is 9. The summed E-state index contributed by atoms with van der Waals surface area (Å²) in [5.41, 5.74) is 3.74. The minimum atomic E-state index is -1.48. The minimum Gasteiger partial charge on any atom is -0.497 e. The molecule has 4 N–H and O–H groups in total. The Hall–Kier alpha value is -4.81. The van der Waals surface area contributed by atoms with E-state index in [9.17, 15) is 28.8 Å². The molecule has 32 heteroatoms. The van der Waals surface area contributed by atoms with Gasteiger partial charge in [0.25, 0.3) is 11.8 Å². The van der Waals surface area contributed by atoms with Crippen LogP contribution >= 0.6 is 106 Å². The summed E-state index contributed by atoms with van der Waals surface area (Å²) in [6.45, 7) is 18.8. The number of benzene rings is 2. The van der Waals surface area contributed by atoms with E-state index in [1.165, 1.54) is 46.7 Å². The molecule has 6 atom stereocenters. The Labute approximate surface area is 683 Å². The Kier molecular flexibility index (Phi) is 43.8. The molecule has 0 aliphatic carbocycles. The number of nitrogens with zero attached hydrogens (tertiary/aromatic N) is 11. The van der Waals surface area contributed by atoms with Crippen LogP contribution in [0.2, 0.25) is 0 Å². The van der Waals surface area contributed by atoms with Gasteiger partial charge in [0.05, 0.1) is 43.6 Å². The van der Waals surface area contributed by atoms with E-state index < -0.39 is 13.1 Å². The van der Waals surface area contributed by atoms with E-state index in [0.717, 1.165) is 125 Å². The molecule has 598 valence electrons. The van der Waals surface area contributed by atoms with Crippen molar-refractivity contribution in [1.82, 2.24) is 59.2 Å². The number of aromatic carboxylic acids is 1. The second-order valence-corrected chi connectivity index (χ2v) is 33.5. The third-order valence-electron chi connectivity index (χ3n) is 19.9. The predicted molar refractivity (Wildman–Crippen MR) is 460 cm³/mol. The van der Waals surface area contributed by atoms with Crippen LogP contribution in [0.4, 0.5) is 14.4 Å². The molecule has 6 saturated heterocycles. The highest BCUT2D eigenvalue weighted by atomic mass is 79.9. The van der Waals surface area contributed by atoms with Crippen molar-refractivity contribution in [3.8, 4) is 21.9 Å². The molecular weight excluding hydrogens is 1600 g/mol. The van der Waals surface area contributed by atoms with E-state index in [1.54, 1.807) is 36.3 Å². The van der Waals surface area contributed by atoms with Crippen LogP contribution in [-0.2, 0) is 0 Å². The summed E-state index contributed by atoms with van der Waals surface area (Å²) >= 11 is 10.7. The van der Waals surface area contributed by atoms with Crippen LogP contribution in [0.5, 0.6) is 11.5 Å². The summed E-state index contributed by atoms with van der Waals surface area (Å²) in [5, 5.41) is 29.9. The van der Waals surface area contributed by atoms with E-state index in [-0.39, 0.29) is 111 Å². The second-order valence-electron chi connectivity index (χ2n) is 27.4. The number of carboxylic acid groups (broad SMARTS) is 1. The molecule has 6 aliphatic heterocycles. The van der Waals surface area contributed by atoms with E-state index in [0.29, 0.717) is 77.1 Å². The van der Waals surface area contributed by atoms with E-state index >= 15 is 0 Å². The molecule has 0 spiro atoms. The number of urea groups is 3. The Balaban J connectivity index is 0.000000697. The first-order chi connectivity index (χ1) is 47.4. The highest BCUT2D eigenvalue weighted by Crippen LogP contribution is 2.38. The fraction of sp³-hybridized carbons (Fsp3) is 0.595. The molecule has 0 unspecified atom stereocenters. The van der Waals surface area contributed by atoms with Crippen LogP contribution in [0.3, 0.4) is 0 Å². The Morgan fingerprint density at radius 2 is 0.849 bits per heavy atom. The first kappa shape index (κ1) is 99.2. The summed E-state index contributed by atoms with van der Waals surface area (Å²) in [7, 11) is 19.4. The number of carboxylic acids is 1. The zero-order valence-corrected chi connectivity index (χ0v) is 71.0. The number of carbonyl (C=O) groups is 6. The summed E-state index contributed by atoms with van der Waals surface area (Å²) in [6.07, 6.45) is 5.85. The molecule has 5 aromatic rings. The summed E-state index contributed by atoms with van der Waals surface area (Å²) < 4.78 is 12.4. The summed E-state index contributed by atoms with van der Waals surface area (Å²) in [5.74, 6) is 1.25. The van der Waals surface area contributed by atoms with Gasteiger partial charge in [-0.25, -0.2) is 19.2 Å². The summed E-state index contributed by atoms with van der Waals surface area (Å²) in [6, 6.07) is 24.5. The maximum absolute atomic E-state index is 13.3. The van der Waals surface area contributed by atoms with Crippen LogP contribution in [-0.4, -0.2) is 304 Å². The standard InChI is InChI=1S/C27H38N4O3S.C17H25BrN4O2S.C12H24N4O.C10H15BO3.C5H3BrO2S.3CH4.3H2S/c1-18(2)19-7-8-23(34-6)22(15-19)24-9-10-25(35-24)26(32)29(4)21-12-14-31(17-21)27(33)30(5)20-11-13-28(3)16-20;1-19-8-6-12(10-19)21(3)17(24)22-9-7-13(11-22)20(2)16(23)14-4-5-15(18)25-14;1-13-10-4-7-16(8-10)12(17)15(3)11-5-6-14(2)9-11;1-7(2)8-4-5-10(14-3)9(6-8)11(12)13;6-4-2-1-3(9-4)5(7)8;;;;;;/h7-10,15,18,20-21H,11-14,16-17H2,1-6H3;4-5,12-13H,6-11H2,1-3H3;10-11,13H,4-9H2,1-3H3;4-7,12-13H,1-3H3;1-2H,(H,7,8);3*1H4;3*1H2/t20-,21+;12-,13+;10-,11+;;;;;;;;/m110......../s1. The van der Waals surface area contributed by atoms with Gasteiger partial charge in [0, 0.05) is 134 Å². The highest BCUT2D eigenvalue weighted by molar-refractivity contribution is 9.11. The first-order valence-electron chi connectivity index (χ1n) is 34.3.